The second-order valence-corrected chi connectivity index (χ2v) is 4.02. The van der Waals surface area contributed by atoms with Crippen LogP contribution in [-0.2, 0) is 6.61 Å². The molecule has 0 amide bonds. The Balaban J connectivity index is 2.44. The lowest BCUT2D eigenvalue weighted by Gasteiger charge is -2.09. The number of aliphatic hydroxyl groups is 1. The monoisotopic (exact) mass is 217 g/mol. The molecule has 1 aromatic carbocycles. The summed E-state index contributed by atoms with van der Waals surface area (Å²) in [7, 11) is 0. The Kier molecular flexibility index (Phi) is 3.01. The van der Waals surface area contributed by atoms with Gasteiger partial charge >= 0.3 is 0 Å². The number of hydrogen-bond donors (Lipinski definition) is 1. The van der Waals surface area contributed by atoms with E-state index in [1.165, 1.54) is 5.56 Å². The molecule has 2 aromatic rings. The molecule has 1 heterocycles. The molecule has 0 unspecified atom stereocenters. The molecule has 0 spiro atoms. The van der Waals surface area contributed by atoms with E-state index in [2.05, 4.69) is 36.2 Å². The molecule has 0 fully saturated rings. The van der Waals surface area contributed by atoms with E-state index in [1.54, 1.807) is 10.9 Å². The maximum atomic E-state index is 9.12. The number of rotatable bonds is 3. The molecule has 16 heavy (non-hydrogen) atoms. The van der Waals surface area contributed by atoms with Gasteiger partial charge in [-0.25, -0.2) is 0 Å². The fraction of sp³-hybridized carbons (Fsp3) is 0.333. The molecule has 0 saturated carbocycles. The van der Waals surface area contributed by atoms with Gasteiger partial charge in [-0.2, -0.15) is 0 Å². The summed E-state index contributed by atoms with van der Waals surface area (Å²) >= 11 is 0. The molecule has 0 aliphatic heterocycles. The molecule has 0 aliphatic carbocycles. The first-order valence-corrected chi connectivity index (χ1v) is 5.32. The highest BCUT2D eigenvalue weighted by Gasteiger charge is 2.06. The van der Waals surface area contributed by atoms with Crippen LogP contribution >= 0.6 is 0 Å². The van der Waals surface area contributed by atoms with Gasteiger partial charge in [0.05, 0.1) is 0 Å². The largest absolute Gasteiger partial charge is 0.388 e. The predicted molar refractivity (Wildman–Crippen MR) is 61.4 cm³/mol. The molecule has 2 rings (SSSR count). The molecular weight excluding hydrogens is 202 g/mol. The van der Waals surface area contributed by atoms with Crippen molar-refractivity contribution in [3.63, 3.8) is 0 Å². The smallest absolute Gasteiger partial charge is 0.163 e. The second-order valence-electron chi connectivity index (χ2n) is 4.02. The highest BCUT2D eigenvalue weighted by Crippen LogP contribution is 2.18. The molecule has 0 saturated heterocycles. The molecule has 4 heteroatoms. The summed E-state index contributed by atoms with van der Waals surface area (Å²) in [4.78, 5) is 0. The summed E-state index contributed by atoms with van der Waals surface area (Å²) in [5, 5.41) is 16.8. The SMILES string of the molecule is CC(C)c1cccc(-n2cnnc2CO)c1. The van der Waals surface area contributed by atoms with Crippen LogP contribution in [-0.4, -0.2) is 19.9 Å². The van der Waals surface area contributed by atoms with Crippen molar-refractivity contribution in [3.05, 3.63) is 42.0 Å². The van der Waals surface area contributed by atoms with Crippen LogP contribution in [0.2, 0.25) is 0 Å². The molecule has 0 aliphatic rings. The van der Waals surface area contributed by atoms with Crippen LogP contribution in [0.15, 0.2) is 30.6 Å². The number of aliphatic hydroxyl groups excluding tert-OH is 1. The van der Waals surface area contributed by atoms with Crippen LogP contribution in [0.25, 0.3) is 5.69 Å². The molecular formula is C12H15N3O. The lowest BCUT2D eigenvalue weighted by molar-refractivity contribution is 0.269. The Morgan fingerprint density at radius 2 is 2.19 bits per heavy atom. The average Bonchev–Trinajstić information content (AvgIpc) is 2.77. The summed E-state index contributed by atoms with van der Waals surface area (Å²) in [5.74, 6) is 1.04. The highest BCUT2D eigenvalue weighted by molar-refractivity contribution is 5.37. The standard InChI is InChI=1S/C12H15N3O/c1-9(2)10-4-3-5-11(6-10)15-8-13-14-12(15)7-16/h3-6,8-9,16H,7H2,1-2H3. The maximum absolute atomic E-state index is 9.12. The van der Waals surface area contributed by atoms with Gasteiger partial charge in [0.25, 0.3) is 0 Å². The number of benzene rings is 1. The third-order valence-corrected chi connectivity index (χ3v) is 2.57. The fourth-order valence-electron chi connectivity index (χ4n) is 1.62. The average molecular weight is 217 g/mol. The second kappa shape index (κ2) is 4.45. The Hall–Kier alpha value is -1.68. The molecule has 84 valence electrons. The number of hydrogen-bond acceptors (Lipinski definition) is 3. The van der Waals surface area contributed by atoms with Gasteiger partial charge in [0.15, 0.2) is 5.82 Å². The first kappa shape index (κ1) is 10.8. The quantitative estimate of drug-likeness (QED) is 0.854. The first-order valence-electron chi connectivity index (χ1n) is 5.32. The minimum atomic E-state index is -0.105. The van der Waals surface area contributed by atoms with Crippen molar-refractivity contribution < 1.29 is 5.11 Å². The predicted octanol–water partition coefficient (Wildman–Crippen LogP) is 1.88. The van der Waals surface area contributed by atoms with Gasteiger partial charge in [-0.1, -0.05) is 26.0 Å². The van der Waals surface area contributed by atoms with Crippen molar-refractivity contribution in [1.29, 1.82) is 0 Å². The summed E-state index contributed by atoms with van der Waals surface area (Å²) in [6.45, 7) is 4.20. The Morgan fingerprint density at radius 3 is 2.88 bits per heavy atom. The zero-order chi connectivity index (χ0) is 11.5. The van der Waals surface area contributed by atoms with Gasteiger partial charge in [-0.3, -0.25) is 4.57 Å². The van der Waals surface area contributed by atoms with Gasteiger partial charge in [-0.15, -0.1) is 10.2 Å². The van der Waals surface area contributed by atoms with Gasteiger partial charge in [-0.05, 0) is 23.6 Å². The Bertz CT molecular complexity index is 477. The number of nitrogens with zero attached hydrogens (tertiary/aromatic N) is 3. The van der Waals surface area contributed by atoms with Crippen molar-refractivity contribution in [2.24, 2.45) is 0 Å². The number of aromatic nitrogens is 3. The summed E-state index contributed by atoms with van der Waals surface area (Å²) < 4.78 is 1.80. The minimum absolute atomic E-state index is 0.105. The molecule has 1 aromatic heterocycles. The molecule has 4 nitrogen and oxygen atoms in total. The van der Waals surface area contributed by atoms with Crippen LogP contribution in [0.4, 0.5) is 0 Å². The van der Waals surface area contributed by atoms with Gasteiger partial charge in [0, 0.05) is 5.69 Å². The van der Waals surface area contributed by atoms with Crippen molar-refractivity contribution in [3.8, 4) is 5.69 Å². The van der Waals surface area contributed by atoms with Gasteiger partial charge in [0.1, 0.15) is 12.9 Å². The normalized spacial score (nSPS) is 11.0. The minimum Gasteiger partial charge on any atom is -0.388 e. The van der Waals surface area contributed by atoms with Crippen LogP contribution in [0.1, 0.15) is 31.2 Å². The van der Waals surface area contributed by atoms with Crippen molar-refractivity contribution in [1.82, 2.24) is 14.8 Å². The molecule has 0 atom stereocenters. The van der Waals surface area contributed by atoms with E-state index in [-0.39, 0.29) is 6.61 Å². The summed E-state index contributed by atoms with van der Waals surface area (Å²) in [6, 6.07) is 8.17. The lowest BCUT2D eigenvalue weighted by Crippen LogP contribution is -2.01. The zero-order valence-corrected chi connectivity index (χ0v) is 9.46. The van der Waals surface area contributed by atoms with Crippen LogP contribution in [0, 0.1) is 0 Å². The van der Waals surface area contributed by atoms with E-state index in [4.69, 9.17) is 5.11 Å². The van der Waals surface area contributed by atoms with E-state index < -0.39 is 0 Å². The van der Waals surface area contributed by atoms with Crippen molar-refractivity contribution in [2.45, 2.75) is 26.4 Å². The third kappa shape index (κ3) is 1.97. The van der Waals surface area contributed by atoms with E-state index in [9.17, 15) is 0 Å². The zero-order valence-electron chi connectivity index (χ0n) is 9.46. The third-order valence-electron chi connectivity index (χ3n) is 2.57. The Labute approximate surface area is 94.6 Å². The van der Waals surface area contributed by atoms with Gasteiger partial charge in [0.2, 0.25) is 0 Å². The van der Waals surface area contributed by atoms with Crippen molar-refractivity contribution in [2.75, 3.05) is 0 Å². The van der Waals surface area contributed by atoms with E-state index in [0.717, 1.165) is 5.69 Å². The van der Waals surface area contributed by atoms with E-state index >= 15 is 0 Å². The maximum Gasteiger partial charge on any atom is 0.163 e. The molecule has 0 bridgehead atoms. The summed E-state index contributed by atoms with van der Waals surface area (Å²) in [5.41, 5.74) is 2.25. The highest BCUT2D eigenvalue weighted by atomic mass is 16.3. The molecule has 1 N–H and O–H groups in total. The van der Waals surface area contributed by atoms with Crippen molar-refractivity contribution >= 4 is 0 Å². The summed E-state index contributed by atoms with van der Waals surface area (Å²) in [6.07, 6.45) is 1.62. The Morgan fingerprint density at radius 1 is 1.38 bits per heavy atom. The van der Waals surface area contributed by atoms with Gasteiger partial charge < -0.3 is 5.11 Å². The van der Waals surface area contributed by atoms with E-state index in [0.29, 0.717) is 11.7 Å². The lowest BCUT2D eigenvalue weighted by atomic mass is 10.0. The fourth-order valence-corrected chi connectivity index (χ4v) is 1.62. The molecule has 0 radical (unpaired) electrons. The van der Waals surface area contributed by atoms with Crippen LogP contribution < -0.4 is 0 Å². The van der Waals surface area contributed by atoms with Crippen LogP contribution in [0.5, 0.6) is 0 Å². The van der Waals surface area contributed by atoms with Crippen LogP contribution in [0.3, 0.4) is 0 Å². The first-order chi connectivity index (χ1) is 7.72. The van der Waals surface area contributed by atoms with E-state index in [1.807, 2.05) is 12.1 Å². The topological polar surface area (TPSA) is 50.9 Å².